The van der Waals surface area contributed by atoms with Gasteiger partial charge in [-0.2, -0.15) is 10.4 Å². The summed E-state index contributed by atoms with van der Waals surface area (Å²) in [4.78, 5) is 18.4. The Morgan fingerprint density at radius 1 is 1.48 bits per heavy atom. The molecule has 1 aromatic heterocycles. The molecule has 1 N–H and O–H groups in total. The third-order valence-electron chi connectivity index (χ3n) is 3.69. The zero-order valence-corrected chi connectivity index (χ0v) is 11.5. The highest BCUT2D eigenvalue weighted by molar-refractivity contribution is 5.95. The van der Waals surface area contributed by atoms with Crippen LogP contribution in [0.5, 0.6) is 0 Å². The highest BCUT2D eigenvalue weighted by Gasteiger charge is 2.24. The molecule has 0 aliphatic carbocycles. The van der Waals surface area contributed by atoms with Crippen LogP contribution in [0.15, 0.2) is 30.6 Å². The number of nitrogens with one attached hydrogen (secondary N) is 1. The van der Waals surface area contributed by atoms with Crippen molar-refractivity contribution in [3.05, 3.63) is 36.2 Å². The Labute approximate surface area is 122 Å². The van der Waals surface area contributed by atoms with E-state index < -0.39 is 0 Å². The zero-order chi connectivity index (χ0) is 14.7. The van der Waals surface area contributed by atoms with Crippen LogP contribution in [0.2, 0.25) is 0 Å². The molecule has 3 rings (SSSR count). The predicted molar refractivity (Wildman–Crippen MR) is 76.1 cm³/mol. The van der Waals surface area contributed by atoms with Gasteiger partial charge in [-0.05, 0) is 25.0 Å². The fourth-order valence-corrected chi connectivity index (χ4v) is 2.59. The third-order valence-corrected chi connectivity index (χ3v) is 3.69. The van der Waals surface area contributed by atoms with Crippen molar-refractivity contribution in [2.24, 2.45) is 5.92 Å². The van der Waals surface area contributed by atoms with E-state index in [1.807, 2.05) is 12.1 Å². The maximum absolute atomic E-state index is 12.6. The van der Waals surface area contributed by atoms with Crippen LogP contribution in [0.3, 0.4) is 0 Å². The minimum atomic E-state index is -0.0554. The molecule has 1 amide bonds. The number of aromatic amines is 1. The number of rotatable bonds is 2. The van der Waals surface area contributed by atoms with Crippen molar-refractivity contribution in [1.29, 1.82) is 5.26 Å². The van der Waals surface area contributed by atoms with Crippen molar-refractivity contribution in [2.45, 2.75) is 12.8 Å². The van der Waals surface area contributed by atoms with Gasteiger partial charge in [0.2, 0.25) is 0 Å². The van der Waals surface area contributed by atoms with Crippen LogP contribution in [-0.2, 0) is 0 Å². The number of nitrogens with zero attached hydrogens (tertiary/aromatic N) is 4. The standard InChI is InChI=1S/C15H15N5O/c16-8-11-3-2-6-20(9-11)15(21)13-5-1-4-12(7-13)14-17-10-18-19-14/h1,4-5,7,10-11H,2-3,6,9H2,(H,17,18,19)/t11-/m0/s1. The molecule has 0 spiro atoms. The molecule has 106 valence electrons. The summed E-state index contributed by atoms with van der Waals surface area (Å²) in [6.07, 6.45) is 3.19. The lowest BCUT2D eigenvalue weighted by atomic mass is 9.98. The Bertz CT molecular complexity index is 674. The van der Waals surface area contributed by atoms with E-state index in [1.54, 1.807) is 17.0 Å². The first-order valence-corrected chi connectivity index (χ1v) is 6.92. The van der Waals surface area contributed by atoms with Gasteiger partial charge >= 0.3 is 0 Å². The quantitative estimate of drug-likeness (QED) is 0.910. The summed E-state index contributed by atoms with van der Waals surface area (Å²) < 4.78 is 0. The molecule has 1 aliphatic heterocycles. The lowest BCUT2D eigenvalue weighted by Gasteiger charge is -2.29. The number of piperidine rings is 1. The molecular formula is C15H15N5O. The second-order valence-corrected chi connectivity index (χ2v) is 5.13. The number of H-pyrrole nitrogens is 1. The molecule has 0 radical (unpaired) electrons. The van der Waals surface area contributed by atoms with Gasteiger partial charge in [0.15, 0.2) is 5.82 Å². The van der Waals surface area contributed by atoms with E-state index in [0.717, 1.165) is 18.4 Å². The van der Waals surface area contributed by atoms with Gasteiger partial charge in [-0.25, -0.2) is 4.98 Å². The van der Waals surface area contributed by atoms with Crippen molar-refractivity contribution in [2.75, 3.05) is 13.1 Å². The number of nitriles is 1. The summed E-state index contributed by atoms with van der Waals surface area (Å²) in [7, 11) is 0. The van der Waals surface area contributed by atoms with Crippen molar-refractivity contribution >= 4 is 5.91 Å². The van der Waals surface area contributed by atoms with Gasteiger partial charge < -0.3 is 4.90 Å². The summed E-state index contributed by atoms with van der Waals surface area (Å²) in [5.74, 6) is 0.551. The Hall–Kier alpha value is -2.68. The third kappa shape index (κ3) is 2.77. The van der Waals surface area contributed by atoms with Crippen molar-refractivity contribution in [3.8, 4) is 17.5 Å². The van der Waals surface area contributed by atoms with Gasteiger partial charge in [0.05, 0.1) is 12.0 Å². The molecule has 6 heteroatoms. The molecule has 1 fully saturated rings. The van der Waals surface area contributed by atoms with Gasteiger partial charge in [-0.15, -0.1) is 0 Å². The van der Waals surface area contributed by atoms with E-state index in [4.69, 9.17) is 5.26 Å². The molecule has 2 heterocycles. The molecule has 6 nitrogen and oxygen atoms in total. The van der Waals surface area contributed by atoms with Crippen LogP contribution in [0.1, 0.15) is 23.2 Å². The lowest BCUT2D eigenvalue weighted by molar-refractivity contribution is 0.0699. The van der Waals surface area contributed by atoms with Gasteiger partial charge in [0.1, 0.15) is 6.33 Å². The van der Waals surface area contributed by atoms with Crippen LogP contribution in [-0.4, -0.2) is 39.1 Å². The van der Waals surface area contributed by atoms with Crippen LogP contribution < -0.4 is 0 Å². The van der Waals surface area contributed by atoms with Crippen LogP contribution in [0.25, 0.3) is 11.4 Å². The molecule has 2 aromatic rings. The summed E-state index contributed by atoms with van der Waals surface area (Å²) >= 11 is 0. The Balaban J connectivity index is 1.82. The summed E-state index contributed by atoms with van der Waals surface area (Å²) in [5, 5.41) is 15.6. The number of carbonyl (C=O) groups is 1. The Morgan fingerprint density at radius 3 is 3.14 bits per heavy atom. The van der Waals surface area contributed by atoms with E-state index in [-0.39, 0.29) is 11.8 Å². The van der Waals surface area contributed by atoms with Gasteiger partial charge in [-0.3, -0.25) is 9.89 Å². The van der Waals surface area contributed by atoms with E-state index >= 15 is 0 Å². The fourth-order valence-electron chi connectivity index (χ4n) is 2.59. The second kappa shape index (κ2) is 5.75. The lowest BCUT2D eigenvalue weighted by Crippen LogP contribution is -2.39. The Morgan fingerprint density at radius 2 is 2.38 bits per heavy atom. The first-order chi connectivity index (χ1) is 10.3. The SMILES string of the molecule is N#C[C@@H]1CCCN(C(=O)c2cccc(-c3ncn[nH]3)c2)C1. The molecule has 1 saturated heterocycles. The second-order valence-electron chi connectivity index (χ2n) is 5.13. The number of likely N-dealkylation sites (tertiary alicyclic amines) is 1. The average Bonchev–Trinajstić information content (AvgIpc) is 3.09. The number of hydrogen-bond donors (Lipinski definition) is 1. The van der Waals surface area contributed by atoms with Crippen LogP contribution in [0, 0.1) is 17.2 Å². The summed E-state index contributed by atoms with van der Waals surface area (Å²) in [6, 6.07) is 9.56. The highest BCUT2D eigenvalue weighted by Crippen LogP contribution is 2.20. The van der Waals surface area contributed by atoms with E-state index in [1.165, 1.54) is 6.33 Å². The van der Waals surface area contributed by atoms with Crippen LogP contribution >= 0.6 is 0 Å². The molecule has 1 aromatic carbocycles. The van der Waals surface area contributed by atoms with Gasteiger partial charge in [0.25, 0.3) is 5.91 Å². The van der Waals surface area contributed by atoms with E-state index in [2.05, 4.69) is 21.3 Å². The largest absolute Gasteiger partial charge is 0.337 e. The molecule has 0 unspecified atom stereocenters. The maximum Gasteiger partial charge on any atom is 0.253 e. The molecule has 1 atom stereocenters. The first kappa shape index (κ1) is 13.3. The van der Waals surface area contributed by atoms with Crippen LogP contribution in [0.4, 0.5) is 0 Å². The Kier molecular flexibility index (Phi) is 3.65. The van der Waals surface area contributed by atoms with E-state index in [9.17, 15) is 4.79 Å². The van der Waals surface area contributed by atoms with E-state index in [0.29, 0.717) is 24.5 Å². The average molecular weight is 281 g/mol. The molecule has 21 heavy (non-hydrogen) atoms. The van der Waals surface area contributed by atoms with Crippen molar-refractivity contribution in [1.82, 2.24) is 20.1 Å². The van der Waals surface area contributed by atoms with Gasteiger partial charge in [0, 0.05) is 24.2 Å². The number of aromatic nitrogens is 3. The molecule has 0 saturated carbocycles. The number of carbonyl (C=O) groups excluding carboxylic acids is 1. The molecular weight excluding hydrogens is 266 g/mol. The fraction of sp³-hybridized carbons (Fsp3) is 0.333. The monoisotopic (exact) mass is 281 g/mol. The van der Waals surface area contributed by atoms with Crippen molar-refractivity contribution in [3.63, 3.8) is 0 Å². The predicted octanol–water partition coefficient (Wildman–Crippen LogP) is 1.85. The minimum absolute atomic E-state index is 0.0312. The highest BCUT2D eigenvalue weighted by atomic mass is 16.2. The normalized spacial score (nSPS) is 18.2. The molecule has 0 bridgehead atoms. The topological polar surface area (TPSA) is 85.7 Å². The number of hydrogen-bond acceptors (Lipinski definition) is 4. The zero-order valence-electron chi connectivity index (χ0n) is 11.5. The minimum Gasteiger partial charge on any atom is -0.337 e. The number of benzene rings is 1. The summed E-state index contributed by atoms with van der Waals surface area (Å²) in [5.41, 5.74) is 1.44. The first-order valence-electron chi connectivity index (χ1n) is 6.92. The maximum atomic E-state index is 12.6. The smallest absolute Gasteiger partial charge is 0.253 e. The van der Waals surface area contributed by atoms with Gasteiger partial charge in [-0.1, -0.05) is 12.1 Å². The molecule has 1 aliphatic rings. The number of amides is 1. The summed E-state index contributed by atoms with van der Waals surface area (Å²) in [6.45, 7) is 1.23. The van der Waals surface area contributed by atoms with Crippen molar-refractivity contribution < 1.29 is 4.79 Å².